The van der Waals surface area contributed by atoms with Crippen molar-refractivity contribution in [1.82, 2.24) is 25.0 Å². The first-order chi connectivity index (χ1) is 11.1. The normalized spacial score (nSPS) is 11.0. The van der Waals surface area contributed by atoms with Gasteiger partial charge < -0.3 is 0 Å². The number of aromatic amines is 1. The Labute approximate surface area is 131 Å². The first-order valence-electron chi connectivity index (χ1n) is 7.07. The van der Waals surface area contributed by atoms with Gasteiger partial charge in [0.05, 0.1) is 23.1 Å². The molecule has 0 radical (unpaired) electrons. The highest BCUT2D eigenvalue weighted by Crippen LogP contribution is 2.23. The van der Waals surface area contributed by atoms with Crippen molar-refractivity contribution in [3.05, 3.63) is 53.9 Å². The van der Waals surface area contributed by atoms with E-state index in [2.05, 4.69) is 25.6 Å². The van der Waals surface area contributed by atoms with Crippen molar-refractivity contribution in [3.63, 3.8) is 0 Å². The number of rotatable bonds is 4. The number of H-pyrrole nitrogens is 1. The molecule has 0 fully saturated rings. The van der Waals surface area contributed by atoms with Gasteiger partial charge in [-0.2, -0.15) is 15.2 Å². The quantitative estimate of drug-likeness (QED) is 0.774. The third-order valence-electron chi connectivity index (χ3n) is 3.32. The van der Waals surface area contributed by atoms with Crippen molar-refractivity contribution in [2.75, 3.05) is 5.32 Å². The van der Waals surface area contributed by atoms with Crippen molar-refractivity contribution < 1.29 is 9.18 Å². The molecule has 3 aromatic rings. The molecule has 0 bridgehead atoms. The van der Waals surface area contributed by atoms with E-state index in [-0.39, 0.29) is 23.6 Å². The molecule has 1 amide bonds. The lowest BCUT2D eigenvalue weighted by Crippen LogP contribution is -2.16. The maximum absolute atomic E-state index is 13.1. The zero-order valence-electron chi connectivity index (χ0n) is 12.6. The van der Waals surface area contributed by atoms with Gasteiger partial charge in [0, 0.05) is 0 Å². The number of nitrogens with one attached hydrogen (secondary N) is 2. The first kappa shape index (κ1) is 14.9. The monoisotopic (exact) mass is 314 g/mol. The first-order valence-corrected chi connectivity index (χ1v) is 7.07. The van der Waals surface area contributed by atoms with Gasteiger partial charge in [-0.3, -0.25) is 10.1 Å². The molecular formula is C15H15FN6O. The van der Waals surface area contributed by atoms with E-state index in [1.165, 1.54) is 24.7 Å². The van der Waals surface area contributed by atoms with Crippen molar-refractivity contribution in [1.29, 1.82) is 0 Å². The topological polar surface area (TPSA) is 88.5 Å². The Kier molecular flexibility index (Phi) is 3.88. The second-order valence-corrected chi connectivity index (χ2v) is 5.27. The van der Waals surface area contributed by atoms with Gasteiger partial charge in [0.25, 0.3) is 5.91 Å². The third-order valence-corrected chi connectivity index (χ3v) is 3.32. The number of hydrogen-bond donors (Lipinski definition) is 2. The van der Waals surface area contributed by atoms with Gasteiger partial charge in [0.1, 0.15) is 12.1 Å². The van der Waals surface area contributed by atoms with Crippen LogP contribution in [0.4, 0.5) is 10.3 Å². The summed E-state index contributed by atoms with van der Waals surface area (Å²) < 4.78 is 14.7. The summed E-state index contributed by atoms with van der Waals surface area (Å²) in [7, 11) is 0. The summed E-state index contributed by atoms with van der Waals surface area (Å²) in [5.74, 6) is -0.355. The molecule has 0 unspecified atom stereocenters. The molecule has 0 aliphatic rings. The smallest absolute Gasteiger partial charge is 0.261 e. The van der Waals surface area contributed by atoms with E-state index in [4.69, 9.17) is 0 Å². The molecule has 0 aliphatic carbocycles. The highest BCUT2D eigenvalue weighted by Gasteiger charge is 2.21. The Morgan fingerprint density at radius 3 is 2.65 bits per heavy atom. The minimum Gasteiger partial charge on any atom is -0.291 e. The molecule has 0 saturated carbocycles. The number of aromatic nitrogens is 5. The van der Waals surface area contributed by atoms with E-state index in [9.17, 15) is 9.18 Å². The SMILES string of the molecule is CC(C)c1c(C(=O)Nc2ncn[nH]2)cnn1-c1ccc(F)cc1. The fourth-order valence-corrected chi connectivity index (χ4v) is 2.32. The Morgan fingerprint density at radius 2 is 2.04 bits per heavy atom. The van der Waals surface area contributed by atoms with Gasteiger partial charge in [-0.1, -0.05) is 13.8 Å². The van der Waals surface area contributed by atoms with E-state index < -0.39 is 0 Å². The molecule has 0 aliphatic heterocycles. The van der Waals surface area contributed by atoms with E-state index in [0.717, 1.165) is 5.69 Å². The lowest BCUT2D eigenvalue weighted by atomic mass is 10.1. The van der Waals surface area contributed by atoms with Crippen LogP contribution in [0.15, 0.2) is 36.8 Å². The summed E-state index contributed by atoms with van der Waals surface area (Å²) in [6.07, 6.45) is 2.80. The zero-order chi connectivity index (χ0) is 16.4. The number of amides is 1. The van der Waals surface area contributed by atoms with E-state index in [1.54, 1.807) is 16.8 Å². The van der Waals surface area contributed by atoms with Crippen molar-refractivity contribution in [3.8, 4) is 5.69 Å². The molecule has 7 nitrogen and oxygen atoms in total. The molecular weight excluding hydrogens is 299 g/mol. The van der Waals surface area contributed by atoms with Crippen LogP contribution in [0.25, 0.3) is 5.69 Å². The number of hydrogen-bond acceptors (Lipinski definition) is 4. The lowest BCUT2D eigenvalue weighted by molar-refractivity contribution is 0.102. The molecule has 0 atom stereocenters. The van der Waals surface area contributed by atoms with Crippen LogP contribution in [0.5, 0.6) is 0 Å². The number of halogens is 1. The van der Waals surface area contributed by atoms with Gasteiger partial charge in [-0.05, 0) is 30.2 Å². The van der Waals surface area contributed by atoms with Crippen molar-refractivity contribution >= 4 is 11.9 Å². The maximum Gasteiger partial charge on any atom is 0.261 e. The van der Waals surface area contributed by atoms with Gasteiger partial charge in [-0.15, -0.1) is 0 Å². The third kappa shape index (κ3) is 2.96. The van der Waals surface area contributed by atoms with Crippen LogP contribution in [-0.2, 0) is 0 Å². The Morgan fingerprint density at radius 1 is 1.30 bits per heavy atom. The summed E-state index contributed by atoms with van der Waals surface area (Å²) in [5, 5.41) is 13.2. The minimum absolute atomic E-state index is 0.0398. The molecule has 8 heteroatoms. The number of anilines is 1. The average Bonchev–Trinajstić information content (AvgIpc) is 3.16. The van der Waals surface area contributed by atoms with E-state index in [1.807, 2.05) is 13.8 Å². The fraction of sp³-hybridized carbons (Fsp3) is 0.200. The summed E-state index contributed by atoms with van der Waals surface area (Å²) in [6.45, 7) is 3.92. The number of carbonyl (C=O) groups excluding carboxylic acids is 1. The summed E-state index contributed by atoms with van der Waals surface area (Å²) in [6, 6.07) is 5.95. The molecule has 1 aromatic carbocycles. The van der Waals surface area contributed by atoms with Crippen LogP contribution >= 0.6 is 0 Å². The number of benzene rings is 1. The van der Waals surface area contributed by atoms with E-state index in [0.29, 0.717) is 11.3 Å². The Bertz CT molecular complexity index is 807. The Balaban J connectivity index is 1.98. The second-order valence-electron chi connectivity index (χ2n) is 5.27. The van der Waals surface area contributed by atoms with Crippen LogP contribution < -0.4 is 5.32 Å². The molecule has 118 valence electrons. The predicted octanol–water partition coefficient (Wildman–Crippen LogP) is 2.51. The maximum atomic E-state index is 13.1. The molecule has 0 saturated heterocycles. The number of nitrogens with zero attached hydrogens (tertiary/aromatic N) is 4. The predicted molar refractivity (Wildman–Crippen MR) is 81.9 cm³/mol. The molecule has 23 heavy (non-hydrogen) atoms. The molecule has 3 rings (SSSR count). The van der Waals surface area contributed by atoms with Gasteiger partial charge in [0.15, 0.2) is 0 Å². The highest BCUT2D eigenvalue weighted by molar-refractivity contribution is 6.04. The molecule has 2 N–H and O–H groups in total. The van der Waals surface area contributed by atoms with Crippen molar-refractivity contribution in [2.45, 2.75) is 19.8 Å². The van der Waals surface area contributed by atoms with Gasteiger partial charge >= 0.3 is 0 Å². The van der Waals surface area contributed by atoms with Gasteiger partial charge in [0.2, 0.25) is 5.95 Å². The summed E-state index contributed by atoms with van der Waals surface area (Å²) in [4.78, 5) is 16.3. The zero-order valence-corrected chi connectivity index (χ0v) is 12.6. The van der Waals surface area contributed by atoms with Crippen LogP contribution in [0.2, 0.25) is 0 Å². The van der Waals surface area contributed by atoms with Crippen LogP contribution in [0.1, 0.15) is 35.8 Å². The minimum atomic E-state index is -0.334. The largest absolute Gasteiger partial charge is 0.291 e. The number of carbonyl (C=O) groups is 1. The van der Waals surface area contributed by atoms with E-state index >= 15 is 0 Å². The highest BCUT2D eigenvalue weighted by atomic mass is 19.1. The second kappa shape index (κ2) is 5.99. The van der Waals surface area contributed by atoms with Crippen LogP contribution in [0, 0.1) is 5.82 Å². The fourth-order valence-electron chi connectivity index (χ4n) is 2.32. The summed E-state index contributed by atoms with van der Waals surface area (Å²) in [5.41, 5.74) is 1.85. The average molecular weight is 314 g/mol. The molecule has 2 heterocycles. The molecule has 0 spiro atoms. The lowest BCUT2D eigenvalue weighted by Gasteiger charge is -2.12. The Hall–Kier alpha value is -3.03. The van der Waals surface area contributed by atoms with Crippen molar-refractivity contribution in [2.24, 2.45) is 0 Å². The molecule has 2 aromatic heterocycles. The van der Waals surface area contributed by atoms with Gasteiger partial charge in [-0.25, -0.2) is 14.2 Å². The van der Waals surface area contributed by atoms with Crippen LogP contribution in [-0.4, -0.2) is 30.9 Å². The van der Waals surface area contributed by atoms with Crippen LogP contribution in [0.3, 0.4) is 0 Å². The summed E-state index contributed by atoms with van der Waals surface area (Å²) >= 11 is 0. The standard InChI is InChI=1S/C15H15FN6O/c1-9(2)13-12(14(23)20-15-17-8-18-21-15)7-19-22(13)11-5-3-10(16)4-6-11/h3-9H,1-2H3,(H2,17,18,20,21,23).